The number of amides is 1. The Morgan fingerprint density at radius 2 is 1.95 bits per heavy atom. The standard InChI is InChI=1S/C32H54N2O8/c1-19(17-32(6)30(42-32)22(4)29(39-9)23(5)35)11-10-12-20(2)28-21(3)26(15-25(40-28)16-27(36)38-8)41-31(37)34-14-13-24(18-34)33-7/h10-12,19,21-26,28-30,33,35H,13-18H2,1-9H3/b11-10+,20-12+/t19?,21-,22?,23?,24?,25+,26+,28+,29?,30+,32+/m0/s1. The van der Waals surface area contributed by atoms with E-state index in [1.807, 2.05) is 33.0 Å². The van der Waals surface area contributed by atoms with E-state index < -0.39 is 12.2 Å². The van der Waals surface area contributed by atoms with Crippen LogP contribution >= 0.6 is 0 Å². The number of carbonyl (C=O) groups excluding carboxylic acids is 2. The van der Waals surface area contributed by atoms with Crippen LogP contribution in [0.3, 0.4) is 0 Å². The molecular weight excluding hydrogens is 540 g/mol. The fraction of sp³-hybridized carbons (Fsp3) is 0.812. The molecule has 11 atom stereocenters. The molecule has 3 aliphatic rings. The minimum atomic E-state index is -0.561. The number of allylic oxidation sites excluding steroid dienone is 3. The fourth-order valence-corrected chi connectivity index (χ4v) is 6.81. The van der Waals surface area contributed by atoms with Gasteiger partial charge in [0.1, 0.15) is 6.10 Å². The number of nitrogens with one attached hydrogen (secondary N) is 1. The molecule has 0 aromatic carbocycles. The monoisotopic (exact) mass is 594 g/mol. The number of hydrogen-bond acceptors (Lipinski definition) is 9. The van der Waals surface area contributed by atoms with Crippen molar-refractivity contribution in [3.8, 4) is 0 Å². The molecule has 240 valence electrons. The van der Waals surface area contributed by atoms with Crippen LogP contribution in [0.2, 0.25) is 0 Å². The molecule has 3 heterocycles. The summed E-state index contributed by atoms with van der Waals surface area (Å²) in [5, 5.41) is 13.3. The molecule has 0 radical (unpaired) electrons. The van der Waals surface area contributed by atoms with E-state index in [2.05, 4.69) is 32.2 Å². The lowest BCUT2D eigenvalue weighted by Crippen LogP contribution is -2.47. The van der Waals surface area contributed by atoms with Crippen molar-refractivity contribution in [3.05, 3.63) is 23.8 Å². The number of ether oxygens (including phenoxy) is 5. The molecule has 3 rings (SSSR count). The van der Waals surface area contributed by atoms with Gasteiger partial charge in [-0.1, -0.05) is 39.0 Å². The summed E-state index contributed by atoms with van der Waals surface area (Å²) in [4.78, 5) is 26.8. The number of likely N-dealkylation sites (tertiary alicyclic amines) is 1. The molecule has 3 saturated heterocycles. The zero-order chi connectivity index (χ0) is 31.2. The van der Waals surface area contributed by atoms with Gasteiger partial charge in [-0.25, -0.2) is 4.79 Å². The molecule has 42 heavy (non-hydrogen) atoms. The summed E-state index contributed by atoms with van der Waals surface area (Å²) in [6.07, 6.45) is 6.34. The lowest BCUT2D eigenvalue weighted by atomic mass is 9.85. The predicted octanol–water partition coefficient (Wildman–Crippen LogP) is 3.86. The number of aliphatic hydroxyl groups is 1. The highest BCUT2D eigenvalue weighted by Gasteiger charge is 2.56. The first kappa shape index (κ1) is 34.5. The third-order valence-electron chi connectivity index (χ3n) is 9.29. The van der Waals surface area contributed by atoms with E-state index in [1.54, 1.807) is 18.9 Å². The van der Waals surface area contributed by atoms with Crippen LogP contribution in [0, 0.1) is 17.8 Å². The SMILES string of the molecule is CNC1CCN(C(=O)O[C@@H]2C[C@H](CC(=O)OC)O[C@H](/C(C)=C/C=C/C(C)C[C@@]3(C)O[C@@H]3C(C)C(OC)C(C)O)[C@H]2C)C1. The van der Waals surface area contributed by atoms with Crippen LogP contribution in [0.25, 0.3) is 0 Å². The Morgan fingerprint density at radius 1 is 1.24 bits per heavy atom. The van der Waals surface area contributed by atoms with Gasteiger partial charge in [0, 0.05) is 44.5 Å². The number of epoxide rings is 1. The zero-order valence-corrected chi connectivity index (χ0v) is 27.0. The van der Waals surface area contributed by atoms with Crippen LogP contribution in [0.15, 0.2) is 23.8 Å². The molecule has 0 aliphatic carbocycles. The Bertz CT molecular complexity index is 970. The van der Waals surface area contributed by atoms with Crippen LogP contribution in [0.5, 0.6) is 0 Å². The summed E-state index contributed by atoms with van der Waals surface area (Å²) >= 11 is 0. The van der Waals surface area contributed by atoms with E-state index >= 15 is 0 Å². The average Bonchev–Trinajstić information content (AvgIpc) is 3.36. The zero-order valence-electron chi connectivity index (χ0n) is 27.0. The minimum absolute atomic E-state index is 0.0396. The molecule has 0 bridgehead atoms. The van der Waals surface area contributed by atoms with Gasteiger partial charge in [0.25, 0.3) is 0 Å². The van der Waals surface area contributed by atoms with Crippen molar-refractivity contribution in [1.29, 1.82) is 0 Å². The van der Waals surface area contributed by atoms with Gasteiger partial charge in [-0.3, -0.25) is 4.79 Å². The maximum atomic E-state index is 13.0. The summed E-state index contributed by atoms with van der Waals surface area (Å²) in [7, 11) is 4.89. The lowest BCUT2D eigenvalue weighted by molar-refractivity contribution is -0.154. The van der Waals surface area contributed by atoms with Crippen LogP contribution < -0.4 is 5.32 Å². The quantitative estimate of drug-likeness (QED) is 0.186. The predicted molar refractivity (Wildman–Crippen MR) is 160 cm³/mol. The average molecular weight is 595 g/mol. The summed E-state index contributed by atoms with van der Waals surface area (Å²) < 4.78 is 28.9. The normalized spacial score (nSPS) is 34.6. The Kier molecular flexibility index (Phi) is 12.4. The van der Waals surface area contributed by atoms with E-state index in [-0.39, 0.29) is 72.3 Å². The van der Waals surface area contributed by atoms with Crippen LogP contribution in [0.4, 0.5) is 4.79 Å². The van der Waals surface area contributed by atoms with Crippen molar-refractivity contribution in [2.24, 2.45) is 17.8 Å². The van der Waals surface area contributed by atoms with Crippen molar-refractivity contribution in [1.82, 2.24) is 10.2 Å². The van der Waals surface area contributed by atoms with Crippen molar-refractivity contribution < 1.29 is 38.4 Å². The second kappa shape index (κ2) is 15.1. The molecule has 0 aromatic rings. The van der Waals surface area contributed by atoms with Crippen molar-refractivity contribution >= 4 is 12.1 Å². The molecule has 0 spiro atoms. The van der Waals surface area contributed by atoms with E-state index in [1.165, 1.54) is 7.11 Å². The Balaban J connectivity index is 1.63. The van der Waals surface area contributed by atoms with Crippen LogP contribution in [-0.2, 0) is 28.5 Å². The summed E-state index contributed by atoms with van der Waals surface area (Å²) in [6.45, 7) is 13.4. The Morgan fingerprint density at radius 3 is 2.55 bits per heavy atom. The Labute approximate surface area is 252 Å². The van der Waals surface area contributed by atoms with Crippen molar-refractivity contribution in [3.63, 3.8) is 0 Å². The molecule has 2 N–H and O–H groups in total. The van der Waals surface area contributed by atoms with Gasteiger partial charge in [-0.2, -0.15) is 0 Å². The number of carbonyl (C=O) groups is 2. The van der Waals surface area contributed by atoms with Gasteiger partial charge in [-0.15, -0.1) is 0 Å². The van der Waals surface area contributed by atoms with Gasteiger partial charge in [-0.05, 0) is 52.2 Å². The van der Waals surface area contributed by atoms with Gasteiger partial charge >= 0.3 is 12.1 Å². The molecule has 10 heteroatoms. The number of methoxy groups -OCH3 is 2. The van der Waals surface area contributed by atoms with Gasteiger partial charge in [0.15, 0.2) is 0 Å². The first-order valence-corrected chi connectivity index (χ1v) is 15.4. The maximum Gasteiger partial charge on any atom is 0.410 e. The fourth-order valence-electron chi connectivity index (χ4n) is 6.81. The highest BCUT2D eigenvalue weighted by atomic mass is 16.6. The number of likely N-dealkylation sites (N-methyl/N-ethyl adjacent to an activating group) is 1. The van der Waals surface area contributed by atoms with E-state index in [0.29, 0.717) is 19.5 Å². The molecule has 3 aliphatic heterocycles. The first-order valence-electron chi connectivity index (χ1n) is 15.4. The highest BCUT2D eigenvalue weighted by Crippen LogP contribution is 2.47. The Hall–Kier alpha value is -1.98. The maximum absolute atomic E-state index is 13.0. The van der Waals surface area contributed by atoms with Crippen molar-refractivity contribution in [2.75, 3.05) is 34.4 Å². The second-order valence-corrected chi connectivity index (χ2v) is 12.8. The van der Waals surface area contributed by atoms with Crippen LogP contribution in [0.1, 0.15) is 67.2 Å². The second-order valence-electron chi connectivity index (χ2n) is 12.8. The molecule has 0 saturated carbocycles. The van der Waals surface area contributed by atoms with E-state index in [4.69, 9.17) is 23.7 Å². The third-order valence-corrected chi connectivity index (χ3v) is 9.29. The molecule has 3 fully saturated rings. The largest absolute Gasteiger partial charge is 0.469 e. The number of hydrogen-bond donors (Lipinski definition) is 2. The van der Waals surface area contributed by atoms with Crippen LogP contribution in [-0.4, -0.2) is 105 Å². The first-order chi connectivity index (χ1) is 19.8. The molecular formula is C32H54N2O8. The smallest absolute Gasteiger partial charge is 0.410 e. The summed E-state index contributed by atoms with van der Waals surface area (Å²) in [6, 6.07) is 0.277. The molecule has 5 unspecified atom stereocenters. The highest BCUT2D eigenvalue weighted by molar-refractivity contribution is 5.70. The number of esters is 1. The third kappa shape index (κ3) is 8.78. The van der Waals surface area contributed by atoms with Gasteiger partial charge in [0.2, 0.25) is 0 Å². The topological polar surface area (TPSA) is 119 Å². The van der Waals surface area contributed by atoms with Gasteiger partial charge < -0.3 is 39.0 Å². The van der Waals surface area contributed by atoms with Crippen molar-refractivity contribution in [2.45, 2.75) is 115 Å². The minimum Gasteiger partial charge on any atom is -0.469 e. The number of aliphatic hydroxyl groups excluding tert-OH is 1. The summed E-state index contributed by atoms with van der Waals surface area (Å²) in [5.74, 6) is -0.0929. The van der Waals surface area contributed by atoms with Gasteiger partial charge in [0.05, 0.1) is 49.7 Å². The number of nitrogens with zero attached hydrogens (tertiary/aromatic N) is 1. The molecule has 10 nitrogen and oxygen atoms in total. The lowest BCUT2D eigenvalue weighted by Gasteiger charge is -2.40. The number of rotatable bonds is 13. The van der Waals surface area contributed by atoms with E-state index in [0.717, 1.165) is 18.4 Å². The molecule has 0 aromatic heterocycles. The molecule has 1 amide bonds. The van der Waals surface area contributed by atoms with E-state index in [9.17, 15) is 14.7 Å². The summed E-state index contributed by atoms with van der Waals surface area (Å²) in [5.41, 5.74) is 0.744.